The number of hydrogen-bond donors (Lipinski definition) is 1. The molecule has 0 saturated heterocycles. The first-order valence-electron chi connectivity index (χ1n) is 9.88. The third-order valence-corrected chi connectivity index (χ3v) is 8.13. The molecular formula is C22H26N2O4S2. The summed E-state index contributed by atoms with van der Waals surface area (Å²) < 4.78 is 25.9. The van der Waals surface area contributed by atoms with E-state index in [1.807, 2.05) is 37.3 Å². The maximum atomic E-state index is 13.0. The predicted molar refractivity (Wildman–Crippen MR) is 119 cm³/mol. The van der Waals surface area contributed by atoms with Gasteiger partial charge in [-0.15, -0.1) is 11.8 Å². The number of nitrogens with zero attached hydrogens (tertiary/aromatic N) is 1. The summed E-state index contributed by atoms with van der Waals surface area (Å²) in [5.41, 5.74) is 1.50. The molecule has 160 valence electrons. The van der Waals surface area contributed by atoms with Crippen LogP contribution in [0.4, 0.5) is 5.69 Å². The molecule has 0 saturated carbocycles. The van der Waals surface area contributed by atoms with Gasteiger partial charge in [-0.1, -0.05) is 37.3 Å². The van der Waals surface area contributed by atoms with E-state index in [4.69, 9.17) is 0 Å². The second kappa shape index (κ2) is 9.22. The summed E-state index contributed by atoms with van der Waals surface area (Å²) in [4.78, 5) is 27.4. The standard InChI is InChI=1S/C22H26N2O4S2/c1-4-24(13-17-8-6-5-7-9-17)22(26)15(2)14-30(27,28)18-10-11-20-19(12-18)23-21(25)16(3)29-20/h5-12,15-16H,4,13-14H2,1-3H3,(H,23,25)/t15-,16+/m0/s1. The topological polar surface area (TPSA) is 83.6 Å². The number of amides is 2. The lowest BCUT2D eigenvalue weighted by atomic mass is 10.1. The maximum absolute atomic E-state index is 13.0. The van der Waals surface area contributed by atoms with Gasteiger partial charge in [0.15, 0.2) is 9.84 Å². The Morgan fingerprint density at radius 1 is 1.20 bits per heavy atom. The molecule has 30 heavy (non-hydrogen) atoms. The molecule has 0 spiro atoms. The molecule has 0 unspecified atom stereocenters. The van der Waals surface area contributed by atoms with Crippen LogP contribution < -0.4 is 5.32 Å². The minimum Gasteiger partial charge on any atom is -0.338 e. The maximum Gasteiger partial charge on any atom is 0.237 e. The van der Waals surface area contributed by atoms with Crippen molar-refractivity contribution in [1.82, 2.24) is 4.90 Å². The van der Waals surface area contributed by atoms with Crippen LogP contribution in [0.5, 0.6) is 0 Å². The van der Waals surface area contributed by atoms with Crippen LogP contribution >= 0.6 is 11.8 Å². The van der Waals surface area contributed by atoms with Gasteiger partial charge in [-0.25, -0.2) is 8.42 Å². The number of benzene rings is 2. The summed E-state index contributed by atoms with van der Waals surface area (Å²) >= 11 is 1.40. The monoisotopic (exact) mass is 446 g/mol. The molecule has 0 aliphatic carbocycles. The van der Waals surface area contributed by atoms with Crippen LogP contribution in [0.1, 0.15) is 26.3 Å². The summed E-state index contributed by atoms with van der Waals surface area (Å²) in [7, 11) is -3.69. The summed E-state index contributed by atoms with van der Waals surface area (Å²) in [6.45, 7) is 6.27. The largest absolute Gasteiger partial charge is 0.338 e. The SMILES string of the molecule is CCN(Cc1ccccc1)C(=O)[C@@H](C)CS(=O)(=O)c1ccc2c(c1)NC(=O)[C@@H](C)S2. The van der Waals surface area contributed by atoms with Gasteiger partial charge in [0.05, 0.1) is 21.6 Å². The fourth-order valence-corrected chi connectivity index (χ4v) is 5.84. The molecule has 0 radical (unpaired) electrons. The number of sulfone groups is 1. The van der Waals surface area contributed by atoms with Crippen molar-refractivity contribution in [1.29, 1.82) is 0 Å². The number of anilines is 1. The van der Waals surface area contributed by atoms with Crippen molar-refractivity contribution in [2.75, 3.05) is 17.6 Å². The molecule has 2 aromatic rings. The van der Waals surface area contributed by atoms with Crippen LogP contribution in [0, 0.1) is 5.92 Å². The van der Waals surface area contributed by atoms with E-state index >= 15 is 0 Å². The number of fused-ring (bicyclic) bond motifs is 1. The Balaban J connectivity index is 1.73. The average molecular weight is 447 g/mol. The third-order valence-electron chi connectivity index (χ3n) is 5.04. The quantitative estimate of drug-likeness (QED) is 0.703. The molecule has 0 bridgehead atoms. The van der Waals surface area contributed by atoms with E-state index in [-0.39, 0.29) is 27.7 Å². The van der Waals surface area contributed by atoms with Crippen LogP contribution in [-0.2, 0) is 26.0 Å². The van der Waals surface area contributed by atoms with Crippen molar-refractivity contribution < 1.29 is 18.0 Å². The highest BCUT2D eigenvalue weighted by Crippen LogP contribution is 2.37. The highest BCUT2D eigenvalue weighted by Gasteiger charge is 2.29. The molecule has 2 atom stereocenters. The molecule has 0 aromatic heterocycles. The minimum atomic E-state index is -3.69. The van der Waals surface area contributed by atoms with Gasteiger partial charge >= 0.3 is 0 Å². The van der Waals surface area contributed by atoms with E-state index in [9.17, 15) is 18.0 Å². The number of carbonyl (C=O) groups is 2. The van der Waals surface area contributed by atoms with Gasteiger partial charge in [0.25, 0.3) is 0 Å². The Hall–Kier alpha value is -2.32. The highest BCUT2D eigenvalue weighted by molar-refractivity contribution is 8.01. The van der Waals surface area contributed by atoms with Crippen molar-refractivity contribution in [3.63, 3.8) is 0 Å². The summed E-state index contributed by atoms with van der Waals surface area (Å²) in [5.74, 6) is -1.31. The molecule has 8 heteroatoms. The number of carbonyl (C=O) groups excluding carboxylic acids is 2. The predicted octanol–water partition coefficient (Wildman–Crippen LogP) is 3.58. The number of rotatable bonds is 7. The van der Waals surface area contributed by atoms with Gasteiger partial charge in [0.1, 0.15) is 0 Å². The molecule has 1 heterocycles. The second-order valence-corrected chi connectivity index (χ2v) is 10.8. The minimum absolute atomic E-state index is 0.113. The van der Waals surface area contributed by atoms with E-state index in [0.717, 1.165) is 10.5 Å². The van der Waals surface area contributed by atoms with Crippen molar-refractivity contribution in [3.8, 4) is 0 Å². The first-order valence-corrected chi connectivity index (χ1v) is 12.4. The third kappa shape index (κ3) is 5.05. The van der Waals surface area contributed by atoms with E-state index in [0.29, 0.717) is 18.8 Å². The van der Waals surface area contributed by atoms with Gasteiger partial charge < -0.3 is 10.2 Å². The Morgan fingerprint density at radius 2 is 1.90 bits per heavy atom. The molecule has 0 fully saturated rings. The zero-order valence-electron chi connectivity index (χ0n) is 17.3. The Morgan fingerprint density at radius 3 is 2.57 bits per heavy atom. The van der Waals surface area contributed by atoms with Gasteiger partial charge in [-0.05, 0) is 37.6 Å². The zero-order valence-corrected chi connectivity index (χ0v) is 18.9. The van der Waals surface area contributed by atoms with Gasteiger partial charge in [0, 0.05) is 23.9 Å². The summed E-state index contributed by atoms with van der Waals surface area (Å²) in [6.07, 6.45) is 0. The first-order chi connectivity index (χ1) is 14.2. The Bertz CT molecular complexity index is 1040. The van der Waals surface area contributed by atoms with Gasteiger partial charge in [-0.2, -0.15) is 0 Å². The fraction of sp³-hybridized carbons (Fsp3) is 0.364. The molecule has 3 rings (SSSR count). The number of thioether (sulfide) groups is 1. The van der Waals surface area contributed by atoms with Crippen LogP contribution in [0.2, 0.25) is 0 Å². The summed E-state index contributed by atoms with van der Waals surface area (Å²) in [6, 6.07) is 14.4. The molecule has 2 aromatic carbocycles. The van der Waals surface area contributed by atoms with E-state index in [1.165, 1.54) is 17.8 Å². The second-order valence-electron chi connectivity index (χ2n) is 7.43. The molecule has 6 nitrogen and oxygen atoms in total. The smallest absolute Gasteiger partial charge is 0.237 e. The van der Waals surface area contributed by atoms with Gasteiger partial charge in [-0.3, -0.25) is 9.59 Å². The van der Waals surface area contributed by atoms with Crippen LogP contribution in [0.3, 0.4) is 0 Å². The molecule has 1 aliphatic heterocycles. The van der Waals surface area contributed by atoms with Gasteiger partial charge in [0.2, 0.25) is 11.8 Å². The van der Waals surface area contributed by atoms with Crippen molar-refractivity contribution in [2.24, 2.45) is 5.92 Å². The molecule has 1 N–H and O–H groups in total. The zero-order chi connectivity index (χ0) is 21.9. The lowest BCUT2D eigenvalue weighted by Crippen LogP contribution is -2.37. The van der Waals surface area contributed by atoms with Crippen LogP contribution in [0.25, 0.3) is 0 Å². The van der Waals surface area contributed by atoms with E-state index in [2.05, 4.69) is 5.32 Å². The van der Waals surface area contributed by atoms with Crippen molar-refractivity contribution in [3.05, 3.63) is 54.1 Å². The summed E-state index contributed by atoms with van der Waals surface area (Å²) in [5, 5.41) is 2.53. The number of hydrogen-bond acceptors (Lipinski definition) is 5. The normalized spacial score (nSPS) is 17.0. The lowest BCUT2D eigenvalue weighted by molar-refractivity contribution is -0.134. The van der Waals surface area contributed by atoms with E-state index < -0.39 is 15.8 Å². The lowest BCUT2D eigenvalue weighted by Gasteiger charge is -2.25. The highest BCUT2D eigenvalue weighted by atomic mass is 32.2. The van der Waals surface area contributed by atoms with Crippen molar-refractivity contribution in [2.45, 2.75) is 42.4 Å². The fourth-order valence-electron chi connectivity index (χ4n) is 3.34. The Kier molecular flexibility index (Phi) is 6.88. The molecular weight excluding hydrogens is 420 g/mol. The molecule has 2 amide bonds. The first kappa shape index (κ1) is 22.4. The average Bonchev–Trinajstić information content (AvgIpc) is 2.72. The van der Waals surface area contributed by atoms with Crippen molar-refractivity contribution >= 4 is 39.1 Å². The Labute approximate surface area is 182 Å². The van der Waals surface area contributed by atoms with Crippen LogP contribution in [0.15, 0.2) is 58.3 Å². The molecule has 1 aliphatic rings. The van der Waals surface area contributed by atoms with Crippen LogP contribution in [-0.4, -0.2) is 42.7 Å². The number of nitrogens with one attached hydrogen (secondary N) is 1. The van der Waals surface area contributed by atoms with E-state index in [1.54, 1.807) is 30.9 Å².